The average Bonchev–Trinajstić information content (AvgIpc) is 3.07. The molecule has 2 aromatic rings. The van der Waals surface area contributed by atoms with Gasteiger partial charge in [-0.2, -0.15) is 0 Å². The molecule has 1 aromatic heterocycles. The molecule has 0 bridgehead atoms. The number of benzene rings is 1. The largest absolute Gasteiger partial charge is 0.443 e. The summed E-state index contributed by atoms with van der Waals surface area (Å²) in [4.78, 5) is 20.2. The Balaban J connectivity index is 1.43. The zero-order chi connectivity index (χ0) is 21.1. The van der Waals surface area contributed by atoms with Gasteiger partial charge < -0.3 is 14.4 Å². The van der Waals surface area contributed by atoms with Gasteiger partial charge in [-0.25, -0.2) is 18.0 Å². The third-order valence-corrected chi connectivity index (χ3v) is 5.25. The summed E-state index contributed by atoms with van der Waals surface area (Å²) in [5.41, 5.74) is 1.11. The Bertz CT molecular complexity index is 906. The van der Waals surface area contributed by atoms with Gasteiger partial charge in [0.25, 0.3) is 6.43 Å². The van der Waals surface area contributed by atoms with Gasteiger partial charge in [-0.3, -0.25) is 9.88 Å². The monoisotopic (exact) mass is 421 g/mol. The molecule has 2 fully saturated rings. The number of morpholine rings is 1. The Morgan fingerprint density at radius 1 is 1.13 bits per heavy atom. The highest BCUT2D eigenvalue weighted by molar-refractivity contribution is 5.70. The van der Waals surface area contributed by atoms with E-state index in [0.29, 0.717) is 44.0 Å². The maximum atomic E-state index is 13.6. The Labute approximate surface area is 172 Å². The minimum atomic E-state index is -2.90. The first-order chi connectivity index (χ1) is 14.5. The van der Waals surface area contributed by atoms with Crippen molar-refractivity contribution in [2.75, 3.05) is 39.4 Å². The summed E-state index contributed by atoms with van der Waals surface area (Å²) in [5, 5.41) is 0. The Hall–Kier alpha value is -2.65. The van der Waals surface area contributed by atoms with E-state index in [1.165, 1.54) is 12.3 Å². The summed E-state index contributed by atoms with van der Waals surface area (Å²) in [6.45, 7) is 4.42. The molecule has 3 heterocycles. The number of cyclic esters (lactones) is 1. The molecule has 2 saturated heterocycles. The maximum absolute atomic E-state index is 13.6. The second kappa shape index (κ2) is 9.01. The van der Waals surface area contributed by atoms with Crippen molar-refractivity contribution in [2.24, 2.45) is 0 Å². The predicted molar refractivity (Wildman–Crippen MR) is 103 cm³/mol. The quantitative estimate of drug-likeness (QED) is 0.715. The SMILES string of the molecule is O=C1O[C@H](CN2CCOCC2)CN1Cc1cncc(-c2ccc(F)c(C(F)F)c2)c1. The number of carbonyl (C=O) groups is 1. The Morgan fingerprint density at radius 2 is 1.93 bits per heavy atom. The van der Waals surface area contributed by atoms with Crippen LogP contribution in [-0.2, 0) is 16.0 Å². The Kier molecular flexibility index (Phi) is 6.19. The number of hydrogen-bond donors (Lipinski definition) is 0. The van der Waals surface area contributed by atoms with Gasteiger partial charge in [-0.05, 0) is 29.3 Å². The highest BCUT2D eigenvalue weighted by Crippen LogP contribution is 2.28. The predicted octanol–water partition coefficient (Wildman–Crippen LogP) is 3.48. The van der Waals surface area contributed by atoms with E-state index in [4.69, 9.17) is 9.47 Å². The highest BCUT2D eigenvalue weighted by atomic mass is 19.3. The van der Waals surface area contributed by atoms with Crippen LogP contribution >= 0.6 is 0 Å². The van der Waals surface area contributed by atoms with E-state index >= 15 is 0 Å². The molecule has 0 aliphatic carbocycles. The second-order valence-electron chi connectivity index (χ2n) is 7.42. The van der Waals surface area contributed by atoms with Crippen molar-refractivity contribution in [2.45, 2.75) is 19.1 Å². The molecule has 0 radical (unpaired) electrons. The Morgan fingerprint density at radius 3 is 2.70 bits per heavy atom. The molecule has 0 saturated carbocycles. The van der Waals surface area contributed by atoms with E-state index in [2.05, 4.69) is 9.88 Å². The second-order valence-corrected chi connectivity index (χ2v) is 7.42. The molecule has 1 amide bonds. The van der Waals surface area contributed by atoms with Crippen molar-refractivity contribution in [1.82, 2.24) is 14.8 Å². The van der Waals surface area contributed by atoms with E-state index in [1.54, 1.807) is 17.2 Å². The maximum Gasteiger partial charge on any atom is 0.410 e. The van der Waals surface area contributed by atoms with Crippen molar-refractivity contribution in [3.05, 3.63) is 53.6 Å². The molecule has 1 aromatic carbocycles. The van der Waals surface area contributed by atoms with Gasteiger partial charge in [0.2, 0.25) is 0 Å². The third-order valence-electron chi connectivity index (χ3n) is 5.25. The zero-order valence-electron chi connectivity index (χ0n) is 16.3. The van der Waals surface area contributed by atoms with Crippen LogP contribution < -0.4 is 0 Å². The van der Waals surface area contributed by atoms with E-state index in [-0.39, 0.29) is 12.2 Å². The van der Waals surface area contributed by atoms with Crippen molar-refractivity contribution in [3.8, 4) is 11.1 Å². The summed E-state index contributed by atoms with van der Waals surface area (Å²) in [5.74, 6) is -0.941. The van der Waals surface area contributed by atoms with Crippen LogP contribution in [-0.4, -0.2) is 66.4 Å². The molecule has 0 N–H and O–H groups in total. The lowest BCUT2D eigenvalue weighted by molar-refractivity contribution is 0.0188. The number of hydrogen-bond acceptors (Lipinski definition) is 5. The number of ether oxygens (including phenoxy) is 2. The lowest BCUT2D eigenvalue weighted by atomic mass is 10.0. The van der Waals surface area contributed by atoms with E-state index in [0.717, 1.165) is 30.8 Å². The first-order valence-electron chi connectivity index (χ1n) is 9.77. The van der Waals surface area contributed by atoms with Gasteiger partial charge in [0.1, 0.15) is 11.9 Å². The number of alkyl halides is 2. The van der Waals surface area contributed by atoms with Crippen LogP contribution in [0.15, 0.2) is 36.7 Å². The summed E-state index contributed by atoms with van der Waals surface area (Å²) >= 11 is 0. The first kappa shape index (κ1) is 20.6. The molecule has 2 aliphatic heterocycles. The van der Waals surface area contributed by atoms with Crippen LogP contribution in [0.4, 0.5) is 18.0 Å². The van der Waals surface area contributed by atoms with Gasteiger partial charge >= 0.3 is 6.09 Å². The number of nitrogens with zero attached hydrogens (tertiary/aromatic N) is 3. The standard InChI is InChI=1S/C21H22F3N3O3/c22-19-2-1-15(8-18(19)20(23)24)16-7-14(9-25-10-16)11-27-13-17(30-21(27)28)12-26-3-5-29-6-4-26/h1-2,7-10,17,20H,3-6,11-13H2/t17-/m1/s1. The summed E-state index contributed by atoms with van der Waals surface area (Å²) < 4.78 is 50.4. The molecular weight excluding hydrogens is 399 g/mol. The highest BCUT2D eigenvalue weighted by Gasteiger charge is 2.32. The minimum absolute atomic E-state index is 0.211. The average molecular weight is 421 g/mol. The van der Waals surface area contributed by atoms with Crippen LogP contribution in [0.1, 0.15) is 17.6 Å². The molecule has 1 atom stereocenters. The number of pyridine rings is 1. The zero-order valence-corrected chi connectivity index (χ0v) is 16.3. The van der Waals surface area contributed by atoms with Crippen molar-refractivity contribution < 1.29 is 27.4 Å². The van der Waals surface area contributed by atoms with Gasteiger partial charge in [-0.15, -0.1) is 0 Å². The molecule has 0 spiro atoms. The van der Waals surface area contributed by atoms with E-state index in [1.807, 2.05) is 0 Å². The lowest BCUT2D eigenvalue weighted by Crippen LogP contribution is -2.42. The van der Waals surface area contributed by atoms with Gasteiger partial charge in [0.15, 0.2) is 0 Å². The van der Waals surface area contributed by atoms with Crippen molar-refractivity contribution >= 4 is 6.09 Å². The molecule has 2 aliphatic rings. The number of amides is 1. The molecule has 9 heteroatoms. The first-order valence-corrected chi connectivity index (χ1v) is 9.77. The van der Waals surface area contributed by atoms with Crippen LogP contribution in [0.25, 0.3) is 11.1 Å². The van der Waals surface area contributed by atoms with Crippen LogP contribution in [0, 0.1) is 5.82 Å². The molecular formula is C21H22F3N3O3. The van der Waals surface area contributed by atoms with Gasteiger partial charge in [0.05, 0.1) is 31.9 Å². The molecule has 6 nitrogen and oxygen atoms in total. The lowest BCUT2D eigenvalue weighted by Gasteiger charge is -2.28. The normalized spacial score (nSPS) is 20.1. The van der Waals surface area contributed by atoms with Crippen LogP contribution in [0.5, 0.6) is 0 Å². The minimum Gasteiger partial charge on any atom is -0.443 e. The summed E-state index contributed by atoms with van der Waals surface area (Å²) in [7, 11) is 0. The fourth-order valence-corrected chi connectivity index (χ4v) is 3.71. The fraction of sp³-hybridized carbons (Fsp3) is 0.429. The fourth-order valence-electron chi connectivity index (χ4n) is 3.71. The summed E-state index contributed by atoms with van der Waals surface area (Å²) in [6, 6.07) is 5.35. The molecule has 30 heavy (non-hydrogen) atoms. The number of carbonyl (C=O) groups excluding carboxylic acids is 1. The third kappa shape index (κ3) is 4.73. The van der Waals surface area contributed by atoms with Crippen LogP contribution in [0.2, 0.25) is 0 Å². The van der Waals surface area contributed by atoms with Crippen molar-refractivity contribution in [1.29, 1.82) is 0 Å². The number of aromatic nitrogens is 1. The number of rotatable bonds is 6. The van der Waals surface area contributed by atoms with E-state index < -0.39 is 17.8 Å². The molecule has 4 rings (SSSR count). The molecule has 160 valence electrons. The molecule has 0 unspecified atom stereocenters. The van der Waals surface area contributed by atoms with Gasteiger partial charge in [0, 0.05) is 37.6 Å². The summed E-state index contributed by atoms with van der Waals surface area (Å²) in [6.07, 6.45) is -0.360. The van der Waals surface area contributed by atoms with E-state index in [9.17, 15) is 18.0 Å². The van der Waals surface area contributed by atoms with Crippen molar-refractivity contribution in [3.63, 3.8) is 0 Å². The number of halogens is 3. The van der Waals surface area contributed by atoms with Gasteiger partial charge in [-0.1, -0.05) is 6.07 Å². The van der Waals surface area contributed by atoms with Crippen LogP contribution in [0.3, 0.4) is 0 Å². The smallest absolute Gasteiger partial charge is 0.410 e. The topological polar surface area (TPSA) is 54.9 Å².